The van der Waals surface area contributed by atoms with E-state index in [4.69, 9.17) is 0 Å². The number of benzene rings is 1. The minimum absolute atomic E-state index is 0.196. The van der Waals surface area contributed by atoms with Crippen molar-refractivity contribution in [1.82, 2.24) is 15.2 Å². The third-order valence-corrected chi connectivity index (χ3v) is 6.56. The van der Waals surface area contributed by atoms with E-state index < -0.39 is 17.5 Å². The van der Waals surface area contributed by atoms with E-state index in [1.807, 2.05) is 35.8 Å². The second-order valence-corrected chi connectivity index (χ2v) is 8.84. The van der Waals surface area contributed by atoms with Gasteiger partial charge >= 0.3 is 0 Å². The van der Waals surface area contributed by atoms with Gasteiger partial charge in [0.2, 0.25) is 0 Å². The van der Waals surface area contributed by atoms with Crippen LogP contribution in [0.3, 0.4) is 0 Å². The van der Waals surface area contributed by atoms with E-state index in [-0.39, 0.29) is 11.9 Å². The first-order chi connectivity index (χ1) is 14.4. The van der Waals surface area contributed by atoms with Crippen LogP contribution in [0, 0.1) is 5.82 Å². The van der Waals surface area contributed by atoms with Crippen molar-refractivity contribution in [1.29, 1.82) is 0 Å². The number of halogens is 1. The summed E-state index contributed by atoms with van der Waals surface area (Å²) < 4.78 is 13.3. The fraction of sp³-hybridized carbons (Fsp3) is 0.304. The predicted octanol–water partition coefficient (Wildman–Crippen LogP) is 3.78. The highest BCUT2D eigenvalue weighted by molar-refractivity contribution is 7.10. The van der Waals surface area contributed by atoms with Crippen LogP contribution in [0.15, 0.2) is 66.3 Å². The highest BCUT2D eigenvalue weighted by Crippen LogP contribution is 2.39. The first-order valence-electron chi connectivity index (χ1n) is 9.89. The summed E-state index contributed by atoms with van der Waals surface area (Å²) in [4.78, 5) is 20.5. The number of aliphatic hydroxyl groups is 1. The maximum Gasteiger partial charge on any atom is 0.251 e. The number of hydrogen-bond acceptors (Lipinski definition) is 5. The topological polar surface area (TPSA) is 65.5 Å². The number of nitrogens with zero attached hydrogens (tertiary/aromatic N) is 2. The molecule has 1 amide bonds. The van der Waals surface area contributed by atoms with Crippen LogP contribution in [0.2, 0.25) is 0 Å². The average molecular weight is 426 g/mol. The second kappa shape index (κ2) is 8.63. The molecule has 1 aromatic carbocycles. The quantitative estimate of drug-likeness (QED) is 0.653. The highest BCUT2D eigenvalue weighted by Gasteiger charge is 2.46. The van der Waals surface area contributed by atoms with Gasteiger partial charge in [-0.15, -0.1) is 11.3 Å². The summed E-state index contributed by atoms with van der Waals surface area (Å²) in [5.74, 6) is -0.722. The molecule has 1 aliphatic rings. The summed E-state index contributed by atoms with van der Waals surface area (Å²) >= 11 is 1.60. The number of aromatic nitrogens is 1. The Morgan fingerprint density at radius 1 is 1.30 bits per heavy atom. The molecular formula is C23H24FN3O2S. The Morgan fingerprint density at radius 3 is 2.77 bits per heavy atom. The maximum atomic E-state index is 13.3. The number of carbonyl (C=O) groups is 1. The number of hydrogen-bond donors (Lipinski definition) is 2. The van der Waals surface area contributed by atoms with Gasteiger partial charge in [0.15, 0.2) is 0 Å². The third-order valence-electron chi connectivity index (χ3n) is 5.62. The fourth-order valence-electron chi connectivity index (χ4n) is 3.98. The van der Waals surface area contributed by atoms with Crippen LogP contribution >= 0.6 is 11.3 Å². The Labute approximate surface area is 179 Å². The molecule has 0 saturated carbocycles. The minimum atomic E-state index is -1.09. The van der Waals surface area contributed by atoms with Gasteiger partial charge in [-0.25, -0.2) is 4.39 Å². The zero-order valence-electron chi connectivity index (χ0n) is 16.7. The molecule has 0 spiro atoms. The lowest BCUT2D eigenvalue weighted by Crippen LogP contribution is -2.62. The number of pyridine rings is 1. The zero-order valence-corrected chi connectivity index (χ0v) is 17.5. The van der Waals surface area contributed by atoms with Crippen LogP contribution in [0.5, 0.6) is 0 Å². The Kier molecular flexibility index (Phi) is 5.94. The van der Waals surface area contributed by atoms with Crippen molar-refractivity contribution >= 4 is 17.2 Å². The minimum Gasteiger partial charge on any atom is -0.388 e. The van der Waals surface area contributed by atoms with Crippen molar-refractivity contribution in [2.45, 2.75) is 37.6 Å². The Bertz CT molecular complexity index is 977. The van der Waals surface area contributed by atoms with Crippen molar-refractivity contribution in [3.05, 3.63) is 88.1 Å². The summed E-state index contributed by atoms with van der Waals surface area (Å²) in [5, 5.41) is 16.3. The third kappa shape index (κ3) is 4.43. The number of carbonyl (C=O) groups excluding carboxylic acids is 1. The fourth-order valence-corrected chi connectivity index (χ4v) is 4.88. The molecule has 1 saturated heterocycles. The van der Waals surface area contributed by atoms with Gasteiger partial charge in [-0.1, -0.05) is 12.1 Å². The summed E-state index contributed by atoms with van der Waals surface area (Å²) in [6.45, 7) is 3.12. The molecular weight excluding hydrogens is 401 g/mol. The average Bonchev–Trinajstić information content (AvgIpc) is 3.26. The molecule has 30 heavy (non-hydrogen) atoms. The molecule has 0 bridgehead atoms. The van der Waals surface area contributed by atoms with E-state index in [2.05, 4.69) is 15.2 Å². The number of rotatable bonds is 5. The van der Waals surface area contributed by atoms with Gasteiger partial charge in [0.05, 0.1) is 17.7 Å². The summed E-state index contributed by atoms with van der Waals surface area (Å²) in [7, 11) is 0. The van der Waals surface area contributed by atoms with Crippen LogP contribution in [-0.2, 0) is 6.54 Å². The molecule has 0 radical (unpaired) electrons. The SMILES string of the molecule is C[C@@]1(O)CCN(Cc2cccnc2)[C@@H](c2cccs2)[C@@H]1NC(=O)c1ccc(F)cc1. The van der Waals surface area contributed by atoms with Crippen molar-refractivity contribution in [2.75, 3.05) is 6.54 Å². The number of nitrogens with one attached hydrogen (secondary N) is 1. The summed E-state index contributed by atoms with van der Waals surface area (Å²) in [6, 6.07) is 12.6. The van der Waals surface area contributed by atoms with Crippen molar-refractivity contribution < 1.29 is 14.3 Å². The Hall–Kier alpha value is -2.61. The first kappa shape index (κ1) is 20.7. The van der Waals surface area contributed by atoms with E-state index in [1.165, 1.54) is 24.3 Å². The first-order valence-corrected chi connectivity index (χ1v) is 10.8. The maximum absolute atomic E-state index is 13.3. The molecule has 7 heteroatoms. The number of likely N-dealkylation sites (tertiary alicyclic amines) is 1. The van der Waals surface area contributed by atoms with E-state index in [0.717, 1.165) is 10.4 Å². The molecule has 2 N–H and O–H groups in total. The van der Waals surface area contributed by atoms with Gasteiger partial charge in [-0.05, 0) is 60.7 Å². The van der Waals surface area contributed by atoms with Gasteiger partial charge in [0.25, 0.3) is 5.91 Å². The van der Waals surface area contributed by atoms with E-state index in [0.29, 0.717) is 25.1 Å². The molecule has 3 aromatic rings. The van der Waals surface area contributed by atoms with Gasteiger partial charge in [-0.2, -0.15) is 0 Å². The van der Waals surface area contributed by atoms with Gasteiger partial charge < -0.3 is 10.4 Å². The van der Waals surface area contributed by atoms with Crippen LogP contribution in [0.25, 0.3) is 0 Å². The van der Waals surface area contributed by atoms with Crippen molar-refractivity contribution in [2.24, 2.45) is 0 Å². The number of thiophene rings is 1. The number of piperidine rings is 1. The molecule has 1 fully saturated rings. The predicted molar refractivity (Wildman–Crippen MR) is 115 cm³/mol. The van der Waals surface area contributed by atoms with Crippen LogP contribution in [0.4, 0.5) is 4.39 Å². The summed E-state index contributed by atoms with van der Waals surface area (Å²) in [5.41, 5.74) is 0.348. The monoisotopic (exact) mass is 425 g/mol. The van der Waals surface area contributed by atoms with Gasteiger partial charge in [-0.3, -0.25) is 14.7 Å². The molecule has 156 valence electrons. The molecule has 3 atom stereocenters. The molecule has 5 nitrogen and oxygen atoms in total. The molecule has 3 heterocycles. The van der Waals surface area contributed by atoms with E-state index in [9.17, 15) is 14.3 Å². The summed E-state index contributed by atoms with van der Waals surface area (Å²) in [6.07, 6.45) is 4.10. The Morgan fingerprint density at radius 2 is 2.10 bits per heavy atom. The standard InChI is InChI=1S/C23H24FN3O2S/c1-23(29)10-12-27(15-16-4-2-11-25-14-16)20(19-5-3-13-30-19)21(23)26-22(28)17-6-8-18(24)9-7-17/h2-9,11,13-14,20-21,29H,10,12,15H2,1H3,(H,26,28)/t20-,21-,23+/m0/s1. The van der Waals surface area contributed by atoms with Crippen molar-refractivity contribution in [3.63, 3.8) is 0 Å². The largest absolute Gasteiger partial charge is 0.388 e. The lowest BCUT2D eigenvalue weighted by molar-refractivity contribution is -0.0656. The zero-order chi connectivity index (χ0) is 21.1. The molecule has 2 aromatic heterocycles. The van der Waals surface area contributed by atoms with Crippen LogP contribution in [0.1, 0.15) is 40.2 Å². The Balaban J connectivity index is 1.65. The van der Waals surface area contributed by atoms with Gasteiger partial charge in [0, 0.05) is 35.9 Å². The second-order valence-electron chi connectivity index (χ2n) is 7.86. The van der Waals surface area contributed by atoms with E-state index in [1.54, 1.807) is 24.5 Å². The molecule has 0 aliphatic carbocycles. The van der Waals surface area contributed by atoms with E-state index >= 15 is 0 Å². The van der Waals surface area contributed by atoms with Crippen LogP contribution < -0.4 is 5.32 Å². The van der Waals surface area contributed by atoms with Gasteiger partial charge in [0.1, 0.15) is 5.82 Å². The number of amides is 1. The highest BCUT2D eigenvalue weighted by atomic mass is 32.1. The van der Waals surface area contributed by atoms with Crippen molar-refractivity contribution in [3.8, 4) is 0 Å². The lowest BCUT2D eigenvalue weighted by atomic mass is 9.81. The van der Waals surface area contributed by atoms with Crippen LogP contribution in [-0.4, -0.2) is 39.1 Å². The molecule has 4 rings (SSSR count). The lowest BCUT2D eigenvalue weighted by Gasteiger charge is -2.48. The normalized spacial score (nSPS) is 24.5. The molecule has 1 aliphatic heterocycles. The molecule has 0 unspecified atom stereocenters. The smallest absolute Gasteiger partial charge is 0.251 e.